The van der Waals surface area contributed by atoms with E-state index in [4.69, 9.17) is 11.6 Å². The predicted molar refractivity (Wildman–Crippen MR) is 92.1 cm³/mol. The van der Waals surface area contributed by atoms with Gasteiger partial charge >= 0.3 is 0 Å². The Hall–Kier alpha value is -0.830. The fourth-order valence-electron chi connectivity index (χ4n) is 2.50. The highest BCUT2D eigenvalue weighted by Gasteiger charge is 2.10. The second-order valence-corrected chi connectivity index (χ2v) is 6.07. The quantitative estimate of drug-likeness (QED) is 0.549. The summed E-state index contributed by atoms with van der Waals surface area (Å²) in [5.41, 5.74) is 0.918. The van der Waals surface area contributed by atoms with Gasteiger partial charge in [-0.15, -0.1) is 0 Å². The maximum Gasteiger partial charge on any atom is 0.148 e. The lowest BCUT2D eigenvalue weighted by Crippen LogP contribution is -2.15. The fourth-order valence-corrected chi connectivity index (χ4v) is 2.80. The second kappa shape index (κ2) is 10.8. The molecule has 0 fully saturated rings. The van der Waals surface area contributed by atoms with Crippen LogP contribution in [0.5, 0.6) is 0 Å². The van der Waals surface area contributed by atoms with E-state index in [0.29, 0.717) is 10.9 Å². The molecule has 0 spiro atoms. The summed E-state index contributed by atoms with van der Waals surface area (Å²) < 4.78 is 0. The summed E-state index contributed by atoms with van der Waals surface area (Å²) in [7, 11) is 0. The predicted octanol–water partition coefficient (Wildman–Crippen LogP) is 5.49. The van der Waals surface area contributed by atoms with Gasteiger partial charge in [0.2, 0.25) is 0 Å². The van der Waals surface area contributed by atoms with E-state index >= 15 is 0 Å². The van der Waals surface area contributed by atoms with Gasteiger partial charge in [-0.1, -0.05) is 70.9 Å². The van der Waals surface area contributed by atoms with Crippen molar-refractivity contribution in [1.29, 1.82) is 0 Å². The highest BCUT2D eigenvalue weighted by molar-refractivity contribution is 6.33. The SMILES string of the molecule is CCCCCCCC(CC)CNc1ncnc(CC)c1Cl. The van der Waals surface area contributed by atoms with Crippen molar-refractivity contribution in [3.05, 3.63) is 17.0 Å². The number of halogens is 1. The summed E-state index contributed by atoms with van der Waals surface area (Å²) in [6.07, 6.45) is 11.7. The summed E-state index contributed by atoms with van der Waals surface area (Å²) in [4.78, 5) is 8.46. The van der Waals surface area contributed by atoms with E-state index in [9.17, 15) is 0 Å². The summed E-state index contributed by atoms with van der Waals surface area (Å²) in [5, 5.41) is 4.09. The summed E-state index contributed by atoms with van der Waals surface area (Å²) in [5.74, 6) is 1.48. The maximum atomic E-state index is 6.31. The molecule has 1 heterocycles. The molecule has 1 aromatic rings. The standard InChI is InChI=1S/C17H30ClN3/c1-4-7-8-9-10-11-14(5-2)12-19-17-16(18)15(6-3)20-13-21-17/h13-14H,4-12H2,1-3H3,(H,19,20,21). The Morgan fingerprint density at radius 1 is 1.10 bits per heavy atom. The fraction of sp³-hybridized carbons (Fsp3) is 0.765. The van der Waals surface area contributed by atoms with Crippen LogP contribution in [0.1, 0.15) is 71.4 Å². The van der Waals surface area contributed by atoms with Crippen LogP contribution in [0.4, 0.5) is 5.82 Å². The minimum absolute atomic E-state index is 0.679. The number of unbranched alkanes of at least 4 members (excludes halogenated alkanes) is 4. The van der Waals surface area contributed by atoms with E-state index in [0.717, 1.165) is 24.5 Å². The Morgan fingerprint density at radius 3 is 2.52 bits per heavy atom. The molecule has 1 atom stereocenters. The van der Waals surface area contributed by atoms with Crippen LogP contribution in [-0.2, 0) is 6.42 Å². The number of aryl methyl sites for hydroxylation is 1. The number of nitrogens with zero attached hydrogens (tertiary/aromatic N) is 2. The molecule has 1 rings (SSSR count). The average molecular weight is 312 g/mol. The van der Waals surface area contributed by atoms with E-state index < -0.39 is 0 Å². The number of aromatic nitrogens is 2. The van der Waals surface area contributed by atoms with Gasteiger partial charge < -0.3 is 5.32 Å². The van der Waals surface area contributed by atoms with Crippen LogP contribution in [0.25, 0.3) is 0 Å². The number of anilines is 1. The van der Waals surface area contributed by atoms with Crippen molar-refractivity contribution in [2.24, 2.45) is 5.92 Å². The Balaban J connectivity index is 2.37. The molecule has 0 aliphatic heterocycles. The van der Waals surface area contributed by atoms with Crippen molar-refractivity contribution >= 4 is 17.4 Å². The molecule has 21 heavy (non-hydrogen) atoms. The molecule has 0 aliphatic rings. The molecule has 1 N–H and O–H groups in total. The Kier molecular flexibility index (Phi) is 9.40. The molecule has 0 saturated heterocycles. The van der Waals surface area contributed by atoms with Crippen LogP contribution in [0.3, 0.4) is 0 Å². The second-order valence-electron chi connectivity index (χ2n) is 5.69. The van der Waals surface area contributed by atoms with E-state index in [1.54, 1.807) is 6.33 Å². The first kappa shape index (κ1) is 18.2. The summed E-state index contributed by atoms with van der Waals surface area (Å²) in [6, 6.07) is 0. The minimum Gasteiger partial charge on any atom is -0.368 e. The summed E-state index contributed by atoms with van der Waals surface area (Å²) in [6.45, 7) is 7.53. The first-order valence-corrected chi connectivity index (χ1v) is 8.83. The zero-order valence-corrected chi connectivity index (χ0v) is 14.5. The van der Waals surface area contributed by atoms with Gasteiger partial charge in [0.1, 0.15) is 17.2 Å². The van der Waals surface area contributed by atoms with Crippen molar-refractivity contribution in [1.82, 2.24) is 9.97 Å². The van der Waals surface area contributed by atoms with Crippen LogP contribution in [0, 0.1) is 5.92 Å². The van der Waals surface area contributed by atoms with Gasteiger partial charge in [0.25, 0.3) is 0 Å². The lowest BCUT2D eigenvalue weighted by atomic mass is 9.98. The maximum absolute atomic E-state index is 6.31. The largest absolute Gasteiger partial charge is 0.368 e. The van der Waals surface area contributed by atoms with Crippen molar-refractivity contribution in [2.45, 2.75) is 72.1 Å². The third-order valence-electron chi connectivity index (χ3n) is 4.05. The van der Waals surface area contributed by atoms with Gasteiger partial charge in [-0.05, 0) is 18.8 Å². The molecule has 3 nitrogen and oxygen atoms in total. The van der Waals surface area contributed by atoms with Gasteiger partial charge in [0.15, 0.2) is 0 Å². The van der Waals surface area contributed by atoms with Crippen LogP contribution in [0.2, 0.25) is 5.02 Å². The first-order valence-electron chi connectivity index (χ1n) is 8.46. The van der Waals surface area contributed by atoms with Crippen LogP contribution >= 0.6 is 11.6 Å². The van der Waals surface area contributed by atoms with Gasteiger partial charge in [-0.25, -0.2) is 9.97 Å². The number of nitrogens with one attached hydrogen (secondary N) is 1. The average Bonchev–Trinajstić information content (AvgIpc) is 2.51. The molecule has 0 amide bonds. The molecule has 0 bridgehead atoms. The first-order chi connectivity index (χ1) is 10.2. The smallest absolute Gasteiger partial charge is 0.148 e. The highest BCUT2D eigenvalue weighted by atomic mass is 35.5. The third kappa shape index (κ3) is 6.64. The normalized spacial score (nSPS) is 12.4. The molecule has 1 aromatic heterocycles. The van der Waals surface area contributed by atoms with Gasteiger partial charge in [-0.2, -0.15) is 0 Å². The third-order valence-corrected chi connectivity index (χ3v) is 4.45. The molecule has 1 unspecified atom stereocenters. The molecule has 120 valence electrons. The zero-order valence-electron chi connectivity index (χ0n) is 13.8. The van der Waals surface area contributed by atoms with Crippen LogP contribution < -0.4 is 5.32 Å². The molecular weight excluding hydrogens is 282 g/mol. The summed E-state index contributed by atoms with van der Waals surface area (Å²) >= 11 is 6.31. The lowest BCUT2D eigenvalue weighted by molar-refractivity contribution is 0.457. The lowest BCUT2D eigenvalue weighted by Gasteiger charge is -2.17. The van der Waals surface area contributed by atoms with Crippen molar-refractivity contribution in [3.63, 3.8) is 0 Å². The van der Waals surface area contributed by atoms with Crippen molar-refractivity contribution in [2.75, 3.05) is 11.9 Å². The zero-order chi connectivity index (χ0) is 15.5. The Labute approximate surface area is 134 Å². The molecule has 0 aromatic carbocycles. The Morgan fingerprint density at radius 2 is 1.86 bits per heavy atom. The highest BCUT2D eigenvalue weighted by Crippen LogP contribution is 2.23. The topological polar surface area (TPSA) is 37.8 Å². The Bertz CT molecular complexity index is 396. The van der Waals surface area contributed by atoms with Crippen LogP contribution in [0.15, 0.2) is 6.33 Å². The molecule has 0 aliphatic carbocycles. The van der Waals surface area contributed by atoms with E-state index in [2.05, 4.69) is 36.1 Å². The molecular formula is C17H30ClN3. The van der Waals surface area contributed by atoms with Gasteiger partial charge in [0, 0.05) is 6.54 Å². The van der Waals surface area contributed by atoms with Gasteiger partial charge in [-0.3, -0.25) is 0 Å². The number of hydrogen-bond donors (Lipinski definition) is 1. The minimum atomic E-state index is 0.679. The van der Waals surface area contributed by atoms with Crippen molar-refractivity contribution < 1.29 is 0 Å². The van der Waals surface area contributed by atoms with Crippen molar-refractivity contribution in [3.8, 4) is 0 Å². The number of rotatable bonds is 11. The number of hydrogen-bond acceptors (Lipinski definition) is 3. The van der Waals surface area contributed by atoms with Gasteiger partial charge in [0.05, 0.1) is 5.69 Å². The van der Waals surface area contributed by atoms with E-state index in [1.807, 2.05) is 0 Å². The van der Waals surface area contributed by atoms with Crippen LogP contribution in [-0.4, -0.2) is 16.5 Å². The molecule has 0 radical (unpaired) electrons. The monoisotopic (exact) mass is 311 g/mol. The molecule has 4 heteroatoms. The molecule has 0 saturated carbocycles. The van der Waals surface area contributed by atoms with E-state index in [-0.39, 0.29) is 0 Å². The van der Waals surface area contributed by atoms with E-state index in [1.165, 1.54) is 44.9 Å².